The average molecular weight is 456 g/mol. The molecular formula is C27H25N3O2S. The van der Waals surface area contributed by atoms with E-state index < -0.39 is 0 Å². The molecule has 166 valence electrons. The molecule has 6 heteroatoms. The number of hydrogen-bond donors (Lipinski definition) is 0. The molecular weight excluding hydrogens is 430 g/mol. The summed E-state index contributed by atoms with van der Waals surface area (Å²) < 4.78 is 5.57. The number of anilines is 2. The number of amides is 1. The van der Waals surface area contributed by atoms with Gasteiger partial charge in [-0.25, -0.2) is 4.79 Å². The lowest BCUT2D eigenvalue weighted by Gasteiger charge is -2.39. The fourth-order valence-electron chi connectivity index (χ4n) is 5.04. The van der Waals surface area contributed by atoms with Crippen molar-refractivity contribution in [1.82, 2.24) is 4.90 Å². The van der Waals surface area contributed by atoms with Crippen molar-refractivity contribution in [2.75, 3.05) is 24.5 Å². The van der Waals surface area contributed by atoms with Crippen molar-refractivity contribution in [3.8, 4) is 0 Å². The third kappa shape index (κ3) is 4.15. The zero-order chi connectivity index (χ0) is 22.7. The molecule has 5 rings (SSSR count). The van der Waals surface area contributed by atoms with Gasteiger partial charge in [-0.05, 0) is 54.4 Å². The topological polar surface area (TPSA) is 45.1 Å². The Morgan fingerprint density at radius 2 is 1.61 bits per heavy atom. The number of isothiocyanates is 1. The summed E-state index contributed by atoms with van der Waals surface area (Å²) in [5.41, 5.74) is 5.37. The summed E-state index contributed by atoms with van der Waals surface area (Å²) in [5, 5.41) is 2.51. The monoisotopic (exact) mass is 455 g/mol. The maximum atomic E-state index is 12.7. The van der Waals surface area contributed by atoms with Crippen LogP contribution < -0.4 is 4.90 Å². The molecule has 1 saturated heterocycles. The largest absolute Gasteiger partial charge is 0.445 e. The van der Waals surface area contributed by atoms with Gasteiger partial charge in [0.2, 0.25) is 0 Å². The first-order valence-corrected chi connectivity index (χ1v) is 11.6. The predicted molar refractivity (Wildman–Crippen MR) is 134 cm³/mol. The molecule has 5 nitrogen and oxygen atoms in total. The summed E-state index contributed by atoms with van der Waals surface area (Å²) in [4.78, 5) is 21.2. The molecule has 33 heavy (non-hydrogen) atoms. The van der Waals surface area contributed by atoms with Crippen molar-refractivity contribution in [2.45, 2.75) is 24.9 Å². The maximum Gasteiger partial charge on any atom is 0.410 e. The fourth-order valence-corrected chi connectivity index (χ4v) is 5.14. The highest BCUT2D eigenvalue weighted by atomic mass is 32.1. The summed E-state index contributed by atoms with van der Waals surface area (Å²) in [7, 11) is 0. The number of hydrogen-bond acceptors (Lipinski definition) is 5. The van der Waals surface area contributed by atoms with Gasteiger partial charge in [0.15, 0.2) is 0 Å². The van der Waals surface area contributed by atoms with Gasteiger partial charge in [-0.15, -0.1) is 0 Å². The molecule has 0 aromatic heterocycles. The van der Waals surface area contributed by atoms with Crippen molar-refractivity contribution in [2.24, 2.45) is 4.99 Å². The Balaban J connectivity index is 1.33. The van der Waals surface area contributed by atoms with Gasteiger partial charge in [0.1, 0.15) is 6.61 Å². The van der Waals surface area contributed by atoms with E-state index in [9.17, 15) is 4.79 Å². The van der Waals surface area contributed by atoms with Crippen molar-refractivity contribution >= 4 is 40.5 Å². The minimum Gasteiger partial charge on any atom is -0.445 e. The highest BCUT2D eigenvalue weighted by Gasteiger charge is 2.46. The lowest BCUT2D eigenvalue weighted by Crippen LogP contribution is -2.47. The van der Waals surface area contributed by atoms with Crippen LogP contribution in [0.5, 0.6) is 0 Å². The van der Waals surface area contributed by atoms with Crippen molar-refractivity contribution < 1.29 is 9.53 Å². The van der Waals surface area contributed by atoms with Gasteiger partial charge in [0.25, 0.3) is 0 Å². The van der Waals surface area contributed by atoms with Crippen LogP contribution in [0.3, 0.4) is 0 Å². The number of likely N-dealkylation sites (tertiary alicyclic amines) is 1. The lowest BCUT2D eigenvalue weighted by molar-refractivity contribution is 0.0791. The Bertz CT molecular complexity index is 1200. The number of para-hydroxylation sites is 3. The van der Waals surface area contributed by atoms with E-state index in [0.29, 0.717) is 19.7 Å². The molecule has 2 heterocycles. The number of aliphatic imine (C=N–C) groups is 1. The van der Waals surface area contributed by atoms with E-state index >= 15 is 0 Å². The number of piperidine rings is 1. The van der Waals surface area contributed by atoms with E-state index in [0.717, 1.165) is 36.3 Å². The first-order valence-electron chi connectivity index (χ1n) is 11.2. The summed E-state index contributed by atoms with van der Waals surface area (Å²) in [6.45, 7) is 2.50. The molecule has 1 amide bonds. The number of ether oxygens (including phenoxy) is 1. The van der Waals surface area contributed by atoms with Gasteiger partial charge < -0.3 is 14.5 Å². The first kappa shape index (κ1) is 21.4. The highest BCUT2D eigenvalue weighted by Crippen LogP contribution is 2.51. The highest BCUT2D eigenvalue weighted by molar-refractivity contribution is 7.78. The smallest absolute Gasteiger partial charge is 0.410 e. The van der Waals surface area contributed by atoms with Crippen molar-refractivity contribution in [3.63, 3.8) is 0 Å². The van der Waals surface area contributed by atoms with E-state index in [4.69, 9.17) is 17.0 Å². The zero-order valence-electron chi connectivity index (χ0n) is 18.3. The molecule has 3 aromatic rings. The van der Waals surface area contributed by atoms with Gasteiger partial charge in [-0.2, -0.15) is 4.99 Å². The molecule has 2 aliphatic heterocycles. The zero-order valence-corrected chi connectivity index (χ0v) is 19.1. The number of rotatable bonds is 4. The second-order valence-electron chi connectivity index (χ2n) is 8.60. The van der Waals surface area contributed by atoms with Crippen LogP contribution in [0.4, 0.5) is 21.9 Å². The number of fused-ring (bicyclic) bond motifs is 2. The molecule has 0 bridgehead atoms. The third-order valence-corrected chi connectivity index (χ3v) is 6.84. The van der Waals surface area contributed by atoms with Crippen molar-refractivity contribution in [1.29, 1.82) is 0 Å². The van der Waals surface area contributed by atoms with Crippen LogP contribution in [0.25, 0.3) is 0 Å². The fraction of sp³-hybridized carbons (Fsp3) is 0.259. The van der Waals surface area contributed by atoms with E-state index in [-0.39, 0.29) is 11.5 Å². The number of carbonyl (C=O) groups is 1. The van der Waals surface area contributed by atoms with Crippen LogP contribution in [0.15, 0.2) is 83.9 Å². The molecule has 1 fully saturated rings. The number of benzene rings is 3. The summed E-state index contributed by atoms with van der Waals surface area (Å²) in [6.07, 6.45) is 1.54. The molecule has 3 aromatic carbocycles. The first-order chi connectivity index (χ1) is 16.2. The van der Waals surface area contributed by atoms with Gasteiger partial charge in [0, 0.05) is 30.7 Å². The molecule has 1 spiro atoms. The standard InChI is InChI=1S/C27H25N3O2S/c31-26(32-18-21-8-2-1-3-9-21)29-16-14-27(15-17-29)19-30(24-12-6-4-10-22(24)27)25-13-7-5-11-23(25)28-20-33/h1-13H,14-19H2. The molecule has 0 saturated carbocycles. The molecule has 0 aliphatic carbocycles. The Labute approximate surface area is 199 Å². The average Bonchev–Trinajstić information content (AvgIpc) is 3.18. The van der Waals surface area contributed by atoms with Gasteiger partial charge >= 0.3 is 6.09 Å². The van der Waals surface area contributed by atoms with E-state index in [1.165, 1.54) is 11.3 Å². The normalized spacial score (nSPS) is 16.2. The van der Waals surface area contributed by atoms with Crippen LogP contribution >= 0.6 is 12.2 Å². The number of nitrogens with zero attached hydrogens (tertiary/aromatic N) is 3. The van der Waals surface area contributed by atoms with Crippen molar-refractivity contribution in [3.05, 3.63) is 90.0 Å². The Morgan fingerprint density at radius 3 is 2.36 bits per heavy atom. The number of carbonyl (C=O) groups excluding carboxylic acids is 1. The minimum atomic E-state index is -0.238. The summed E-state index contributed by atoms with van der Waals surface area (Å²) in [5.74, 6) is 0. The second kappa shape index (κ2) is 9.18. The van der Waals surface area contributed by atoms with Crippen LogP contribution in [-0.4, -0.2) is 35.8 Å². The number of thiocarbonyl (C=S) groups is 1. The van der Waals surface area contributed by atoms with Crippen LogP contribution in [-0.2, 0) is 16.8 Å². The van der Waals surface area contributed by atoms with E-state index in [1.54, 1.807) is 0 Å². The Morgan fingerprint density at radius 1 is 0.939 bits per heavy atom. The second-order valence-corrected chi connectivity index (χ2v) is 8.79. The summed E-state index contributed by atoms with van der Waals surface area (Å²) in [6, 6.07) is 26.4. The lowest BCUT2D eigenvalue weighted by atomic mass is 9.74. The van der Waals surface area contributed by atoms with Gasteiger partial charge in [-0.1, -0.05) is 60.7 Å². The quantitative estimate of drug-likeness (QED) is 0.345. The maximum absolute atomic E-state index is 12.7. The van der Waals surface area contributed by atoms with E-state index in [2.05, 4.69) is 45.4 Å². The Hall–Kier alpha value is -3.47. The summed E-state index contributed by atoms with van der Waals surface area (Å²) >= 11 is 4.87. The predicted octanol–water partition coefficient (Wildman–Crippen LogP) is 6.24. The van der Waals surface area contributed by atoms with Gasteiger partial charge in [0.05, 0.1) is 16.5 Å². The van der Waals surface area contributed by atoms with Crippen LogP contribution in [0.1, 0.15) is 24.0 Å². The molecule has 0 radical (unpaired) electrons. The van der Waals surface area contributed by atoms with Gasteiger partial charge in [-0.3, -0.25) is 0 Å². The van der Waals surface area contributed by atoms with Crippen LogP contribution in [0.2, 0.25) is 0 Å². The van der Waals surface area contributed by atoms with Crippen LogP contribution in [0, 0.1) is 0 Å². The molecule has 2 aliphatic rings. The SMILES string of the molecule is O=C(OCc1ccccc1)N1CCC2(CC1)CN(c1ccccc1N=C=S)c1ccccc12. The Kier molecular flexibility index (Phi) is 5.95. The molecule has 0 unspecified atom stereocenters. The third-order valence-electron chi connectivity index (χ3n) is 6.75. The molecule has 0 N–H and O–H groups in total. The minimum absolute atomic E-state index is 0.0126. The van der Waals surface area contributed by atoms with E-state index in [1.807, 2.05) is 53.4 Å². The molecule has 0 atom stereocenters.